The monoisotopic (exact) mass is 218 g/mol. The van der Waals surface area contributed by atoms with Crippen molar-refractivity contribution in [3.63, 3.8) is 0 Å². The first-order valence-electron chi connectivity index (χ1n) is 4.43. The molecule has 1 saturated heterocycles. The zero-order valence-electron chi connectivity index (χ0n) is 7.72. The molecule has 0 radical (unpaired) electrons. The second kappa shape index (κ2) is 4.65. The Kier molecular flexibility index (Phi) is 3.77. The van der Waals surface area contributed by atoms with Gasteiger partial charge < -0.3 is 15.7 Å². The molecule has 0 aliphatic carbocycles. The molecule has 0 aromatic rings. The molecule has 0 aromatic heterocycles. The summed E-state index contributed by atoms with van der Waals surface area (Å²) >= 11 is 3.92. The fraction of sp³-hybridized carbons (Fsp3) is 0.750. The predicted octanol–water partition coefficient (Wildman–Crippen LogP) is -0.823. The smallest absolute Gasteiger partial charge is 0.327 e. The van der Waals surface area contributed by atoms with Crippen LogP contribution in [0.1, 0.15) is 6.42 Å². The Balaban J connectivity index is 2.68. The molecular formula is C8H14N2O3S. The number of likely N-dealkylation sites (tertiary alicyclic amines) is 1. The lowest BCUT2D eigenvalue weighted by atomic mass is 10.1. The molecule has 14 heavy (non-hydrogen) atoms. The van der Waals surface area contributed by atoms with E-state index in [4.69, 9.17) is 10.8 Å². The number of rotatable bonds is 4. The Bertz CT molecular complexity index is 247. The van der Waals surface area contributed by atoms with Crippen LogP contribution in [0.25, 0.3) is 0 Å². The van der Waals surface area contributed by atoms with Gasteiger partial charge in [0.25, 0.3) is 0 Å². The third-order valence-electron chi connectivity index (χ3n) is 2.41. The number of aliphatic carboxylic acids is 1. The Morgan fingerprint density at radius 2 is 2.43 bits per heavy atom. The van der Waals surface area contributed by atoms with Gasteiger partial charge >= 0.3 is 5.97 Å². The molecule has 80 valence electrons. The fourth-order valence-corrected chi connectivity index (χ4v) is 1.93. The Morgan fingerprint density at radius 1 is 1.79 bits per heavy atom. The summed E-state index contributed by atoms with van der Waals surface area (Å²) in [4.78, 5) is 23.6. The summed E-state index contributed by atoms with van der Waals surface area (Å²) in [5.74, 6) is -0.921. The van der Waals surface area contributed by atoms with Crippen molar-refractivity contribution < 1.29 is 14.7 Å². The first kappa shape index (κ1) is 11.3. The zero-order chi connectivity index (χ0) is 10.7. The van der Waals surface area contributed by atoms with E-state index in [0.717, 1.165) is 0 Å². The van der Waals surface area contributed by atoms with E-state index in [1.54, 1.807) is 0 Å². The molecule has 1 aliphatic heterocycles. The maximum atomic E-state index is 11.4. The highest BCUT2D eigenvalue weighted by atomic mass is 32.1. The Morgan fingerprint density at radius 3 is 2.79 bits per heavy atom. The van der Waals surface area contributed by atoms with Crippen molar-refractivity contribution in [3.8, 4) is 0 Å². The SMILES string of the molecule is NCC1CC(=O)N(C(CS)C(=O)O)C1. The number of hydrogen-bond acceptors (Lipinski definition) is 4. The highest BCUT2D eigenvalue weighted by Gasteiger charge is 2.36. The van der Waals surface area contributed by atoms with E-state index < -0.39 is 12.0 Å². The number of carboxylic acids is 1. The first-order valence-corrected chi connectivity index (χ1v) is 5.06. The molecule has 3 N–H and O–H groups in total. The van der Waals surface area contributed by atoms with E-state index in [0.29, 0.717) is 19.5 Å². The van der Waals surface area contributed by atoms with Crippen LogP contribution >= 0.6 is 12.6 Å². The topological polar surface area (TPSA) is 83.6 Å². The van der Waals surface area contributed by atoms with Gasteiger partial charge in [-0.25, -0.2) is 4.79 Å². The van der Waals surface area contributed by atoms with E-state index in [-0.39, 0.29) is 17.6 Å². The summed E-state index contributed by atoms with van der Waals surface area (Å²) in [5, 5.41) is 8.84. The molecule has 0 saturated carbocycles. The molecule has 1 aliphatic rings. The number of amides is 1. The summed E-state index contributed by atoms with van der Waals surface area (Å²) in [7, 11) is 0. The maximum Gasteiger partial charge on any atom is 0.327 e. The molecule has 0 spiro atoms. The third kappa shape index (κ3) is 2.19. The predicted molar refractivity (Wildman–Crippen MR) is 54.2 cm³/mol. The quantitative estimate of drug-likeness (QED) is 0.538. The van der Waals surface area contributed by atoms with Crippen LogP contribution in [0, 0.1) is 5.92 Å². The van der Waals surface area contributed by atoms with Gasteiger partial charge in [0.05, 0.1) is 0 Å². The van der Waals surface area contributed by atoms with Crippen molar-refractivity contribution in [2.24, 2.45) is 11.7 Å². The van der Waals surface area contributed by atoms with Gasteiger partial charge in [-0.1, -0.05) is 0 Å². The van der Waals surface area contributed by atoms with Crippen LogP contribution in [0.2, 0.25) is 0 Å². The number of carbonyl (C=O) groups excluding carboxylic acids is 1. The molecule has 0 aromatic carbocycles. The molecule has 6 heteroatoms. The number of nitrogens with zero attached hydrogens (tertiary/aromatic N) is 1. The van der Waals surface area contributed by atoms with Crippen molar-refractivity contribution >= 4 is 24.5 Å². The van der Waals surface area contributed by atoms with Crippen LogP contribution in [0.15, 0.2) is 0 Å². The van der Waals surface area contributed by atoms with Crippen molar-refractivity contribution in [2.75, 3.05) is 18.8 Å². The number of hydrogen-bond donors (Lipinski definition) is 3. The van der Waals surface area contributed by atoms with E-state index in [9.17, 15) is 9.59 Å². The van der Waals surface area contributed by atoms with Crippen molar-refractivity contribution in [1.82, 2.24) is 4.90 Å². The lowest BCUT2D eigenvalue weighted by Crippen LogP contribution is -2.43. The summed E-state index contributed by atoms with van der Waals surface area (Å²) in [5.41, 5.74) is 5.43. The molecule has 0 bridgehead atoms. The molecule has 2 atom stereocenters. The maximum absolute atomic E-state index is 11.4. The van der Waals surface area contributed by atoms with Crippen LogP contribution in [0.4, 0.5) is 0 Å². The van der Waals surface area contributed by atoms with Crippen LogP contribution < -0.4 is 5.73 Å². The molecule has 1 amide bonds. The largest absolute Gasteiger partial charge is 0.480 e. The number of nitrogens with two attached hydrogens (primary N) is 1. The highest BCUT2D eigenvalue weighted by Crippen LogP contribution is 2.19. The second-order valence-electron chi connectivity index (χ2n) is 3.39. The normalized spacial score (nSPS) is 24.0. The number of carbonyl (C=O) groups is 2. The molecule has 1 fully saturated rings. The van der Waals surface area contributed by atoms with Crippen LogP contribution in [0.3, 0.4) is 0 Å². The van der Waals surface area contributed by atoms with Crippen molar-refractivity contribution in [1.29, 1.82) is 0 Å². The van der Waals surface area contributed by atoms with Gasteiger partial charge in [-0.2, -0.15) is 12.6 Å². The molecule has 5 nitrogen and oxygen atoms in total. The van der Waals surface area contributed by atoms with Gasteiger partial charge in [-0.05, 0) is 12.5 Å². The van der Waals surface area contributed by atoms with Gasteiger partial charge in [0.1, 0.15) is 6.04 Å². The van der Waals surface area contributed by atoms with E-state index in [1.165, 1.54) is 4.90 Å². The molecule has 2 unspecified atom stereocenters. The lowest BCUT2D eigenvalue weighted by Gasteiger charge is -2.22. The van der Waals surface area contributed by atoms with E-state index in [2.05, 4.69) is 12.6 Å². The van der Waals surface area contributed by atoms with Gasteiger partial charge in [-0.15, -0.1) is 0 Å². The van der Waals surface area contributed by atoms with Gasteiger partial charge in [0.2, 0.25) is 5.91 Å². The molecular weight excluding hydrogens is 204 g/mol. The van der Waals surface area contributed by atoms with E-state index >= 15 is 0 Å². The summed E-state index contributed by atoms with van der Waals surface area (Å²) in [6, 6.07) is -0.817. The first-order chi connectivity index (χ1) is 6.60. The third-order valence-corrected chi connectivity index (χ3v) is 2.75. The minimum Gasteiger partial charge on any atom is -0.480 e. The summed E-state index contributed by atoms with van der Waals surface area (Å²) < 4.78 is 0. The van der Waals surface area contributed by atoms with Crippen molar-refractivity contribution in [3.05, 3.63) is 0 Å². The lowest BCUT2D eigenvalue weighted by molar-refractivity contribution is -0.147. The van der Waals surface area contributed by atoms with Gasteiger partial charge in [0.15, 0.2) is 0 Å². The standard InChI is InChI=1S/C8H14N2O3S/c9-2-5-1-7(11)10(3-5)6(4-14)8(12)13/h5-6,14H,1-4,9H2,(H,12,13). The highest BCUT2D eigenvalue weighted by molar-refractivity contribution is 7.80. The van der Waals surface area contributed by atoms with E-state index in [1.807, 2.05) is 0 Å². The van der Waals surface area contributed by atoms with Gasteiger partial charge in [-0.3, -0.25) is 4.79 Å². The average Bonchev–Trinajstić information content (AvgIpc) is 2.48. The summed E-state index contributed by atoms with van der Waals surface area (Å²) in [6.07, 6.45) is 0.355. The number of carboxylic acid groups (broad SMARTS) is 1. The Hall–Kier alpha value is -0.750. The average molecular weight is 218 g/mol. The zero-order valence-corrected chi connectivity index (χ0v) is 8.61. The van der Waals surface area contributed by atoms with Crippen molar-refractivity contribution in [2.45, 2.75) is 12.5 Å². The summed E-state index contributed by atoms with van der Waals surface area (Å²) in [6.45, 7) is 0.855. The number of thiol groups is 1. The van der Waals surface area contributed by atoms with Crippen LogP contribution in [0.5, 0.6) is 0 Å². The Labute approximate surface area is 87.7 Å². The second-order valence-corrected chi connectivity index (χ2v) is 3.75. The minimum absolute atomic E-state index is 0.0873. The fourth-order valence-electron chi connectivity index (χ4n) is 1.58. The molecule has 1 heterocycles. The van der Waals surface area contributed by atoms with Gasteiger partial charge in [0, 0.05) is 18.7 Å². The van der Waals surface area contributed by atoms with Crippen LogP contribution in [-0.4, -0.2) is 46.8 Å². The molecule has 1 rings (SSSR count). The minimum atomic E-state index is -1.01. The van der Waals surface area contributed by atoms with Crippen LogP contribution in [-0.2, 0) is 9.59 Å².